The second-order valence-corrected chi connectivity index (χ2v) is 4.47. The molecule has 1 aliphatic heterocycles. The van der Waals surface area contributed by atoms with Crippen molar-refractivity contribution in [3.8, 4) is 11.5 Å². The molecule has 2 aromatic rings. The highest BCUT2D eigenvalue weighted by atomic mass is 16.6. The Morgan fingerprint density at radius 1 is 1.21 bits per heavy atom. The van der Waals surface area contributed by atoms with Crippen LogP contribution in [-0.2, 0) is 6.42 Å². The second-order valence-electron chi connectivity index (χ2n) is 4.47. The number of nitrogens with two attached hydrogens (primary N) is 1. The molecule has 2 heterocycles. The molecule has 1 aromatic heterocycles. The number of furan rings is 1. The van der Waals surface area contributed by atoms with E-state index in [1.54, 1.807) is 6.26 Å². The third kappa shape index (κ3) is 2.57. The van der Waals surface area contributed by atoms with Crippen molar-refractivity contribution in [2.24, 2.45) is 5.84 Å². The van der Waals surface area contributed by atoms with Gasteiger partial charge in [0.1, 0.15) is 18.5 Å². The van der Waals surface area contributed by atoms with Crippen molar-refractivity contribution in [2.75, 3.05) is 6.61 Å². The summed E-state index contributed by atoms with van der Waals surface area (Å²) in [6, 6.07) is 11.3. The molecule has 5 heteroatoms. The molecule has 2 unspecified atom stereocenters. The van der Waals surface area contributed by atoms with Crippen LogP contribution in [0.4, 0.5) is 0 Å². The lowest BCUT2D eigenvalue weighted by Gasteiger charge is -2.31. The zero-order valence-electron chi connectivity index (χ0n) is 10.4. The summed E-state index contributed by atoms with van der Waals surface area (Å²) in [5, 5.41) is 0. The number of nitrogens with one attached hydrogen (secondary N) is 1. The molecule has 2 atom stereocenters. The monoisotopic (exact) mass is 260 g/mol. The van der Waals surface area contributed by atoms with Gasteiger partial charge in [0, 0.05) is 6.42 Å². The molecule has 0 aliphatic carbocycles. The number of hydrazine groups is 1. The van der Waals surface area contributed by atoms with Gasteiger partial charge in [-0.15, -0.1) is 0 Å². The van der Waals surface area contributed by atoms with Crippen molar-refractivity contribution in [3.63, 3.8) is 0 Å². The van der Waals surface area contributed by atoms with E-state index >= 15 is 0 Å². The van der Waals surface area contributed by atoms with Gasteiger partial charge in [-0.05, 0) is 24.3 Å². The molecule has 0 radical (unpaired) electrons. The fourth-order valence-corrected chi connectivity index (χ4v) is 2.18. The van der Waals surface area contributed by atoms with Crippen molar-refractivity contribution < 1.29 is 13.9 Å². The van der Waals surface area contributed by atoms with Gasteiger partial charge in [-0.1, -0.05) is 12.1 Å². The van der Waals surface area contributed by atoms with Crippen LogP contribution < -0.4 is 20.7 Å². The quantitative estimate of drug-likeness (QED) is 0.644. The van der Waals surface area contributed by atoms with Gasteiger partial charge in [0.2, 0.25) is 0 Å². The van der Waals surface area contributed by atoms with Crippen LogP contribution in [0.1, 0.15) is 5.76 Å². The second kappa shape index (κ2) is 5.34. The van der Waals surface area contributed by atoms with Crippen molar-refractivity contribution in [2.45, 2.75) is 18.6 Å². The molecular weight excluding hydrogens is 244 g/mol. The highest BCUT2D eigenvalue weighted by molar-refractivity contribution is 5.40. The number of ether oxygens (including phenoxy) is 2. The molecular formula is C14H16N2O3. The summed E-state index contributed by atoms with van der Waals surface area (Å²) in [5.74, 6) is 8.00. The van der Waals surface area contributed by atoms with Gasteiger partial charge in [-0.3, -0.25) is 11.3 Å². The maximum absolute atomic E-state index is 5.92. The molecule has 0 spiro atoms. The van der Waals surface area contributed by atoms with E-state index in [9.17, 15) is 0 Å². The van der Waals surface area contributed by atoms with E-state index in [-0.39, 0.29) is 12.1 Å². The molecule has 100 valence electrons. The SMILES string of the molecule is NNC(Cc1ccco1)C1COc2ccccc2O1. The number of hydrogen-bond donors (Lipinski definition) is 2. The standard InChI is InChI=1S/C14H16N2O3/c15-16-11(8-10-4-3-7-17-10)14-9-18-12-5-1-2-6-13(12)19-14/h1-7,11,14,16H,8-9,15H2. The van der Waals surface area contributed by atoms with Crippen LogP contribution in [0, 0.1) is 0 Å². The summed E-state index contributed by atoms with van der Waals surface area (Å²) in [7, 11) is 0. The lowest BCUT2D eigenvalue weighted by Crippen LogP contribution is -2.51. The first kappa shape index (κ1) is 12.1. The van der Waals surface area contributed by atoms with Crippen molar-refractivity contribution in [1.29, 1.82) is 0 Å². The first-order chi connectivity index (χ1) is 9.36. The maximum Gasteiger partial charge on any atom is 0.161 e. The summed E-state index contributed by atoms with van der Waals surface area (Å²) in [4.78, 5) is 0. The number of fused-ring (bicyclic) bond motifs is 1. The van der Waals surface area contributed by atoms with E-state index < -0.39 is 0 Å². The van der Waals surface area contributed by atoms with Crippen molar-refractivity contribution in [1.82, 2.24) is 5.43 Å². The zero-order chi connectivity index (χ0) is 13.1. The molecule has 0 fully saturated rings. The van der Waals surface area contributed by atoms with E-state index in [1.807, 2.05) is 36.4 Å². The molecule has 0 saturated carbocycles. The van der Waals surface area contributed by atoms with Gasteiger partial charge < -0.3 is 13.9 Å². The van der Waals surface area contributed by atoms with E-state index in [0.717, 1.165) is 17.3 Å². The minimum atomic E-state index is -0.148. The summed E-state index contributed by atoms with van der Waals surface area (Å²) in [5.41, 5.74) is 2.78. The van der Waals surface area contributed by atoms with Crippen LogP contribution in [0.5, 0.6) is 11.5 Å². The fraction of sp³-hybridized carbons (Fsp3) is 0.286. The lowest BCUT2D eigenvalue weighted by atomic mass is 10.1. The topological polar surface area (TPSA) is 69.7 Å². The molecule has 1 aliphatic rings. The molecule has 5 nitrogen and oxygen atoms in total. The molecule has 0 saturated heterocycles. The first-order valence-electron chi connectivity index (χ1n) is 6.24. The Bertz CT molecular complexity index is 527. The largest absolute Gasteiger partial charge is 0.486 e. The first-order valence-corrected chi connectivity index (χ1v) is 6.24. The fourth-order valence-electron chi connectivity index (χ4n) is 2.18. The van der Waals surface area contributed by atoms with E-state index in [2.05, 4.69) is 5.43 Å². The summed E-state index contributed by atoms with van der Waals surface area (Å²) >= 11 is 0. The molecule has 0 bridgehead atoms. The van der Waals surface area contributed by atoms with Crippen molar-refractivity contribution >= 4 is 0 Å². The van der Waals surface area contributed by atoms with Crippen LogP contribution in [0.2, 0.25) is 0 Å². The van der Waals surface area contributed by atoms with E-state index in [4.69, 9.17) is 19.7 Å². The van der Waals surface area contributed by atoms with Gasteiger partial charge in [0.05, 0.1) is 12.3 Å². The van der Waals surface area contributed by atoms with Crippen LogP contribution >= 0.6 is 0 Å². The normalized spacial score (nSPS) is 19.1. The highest BCUT2D eigenvalue weighted by Crippen LogP contribution is 2.31. The molecule has 19 heavy (non-hydrogen) atoms. The third-order valence-electron chi connectivity index (χ3n) is 3.19. The van der Waals surface area contributed by atoms with Gasteiger partial charge in [0.15, 0.2) is 11.5 Å². The minimum Gasteiger partial charge on any atom is -0.486 e. The van der Waals surface area contributed by atoms with Gasteiger partial charge >= 0.3 is 0 Å². The zero-order valence-corrected chi connectivity index (χ0v) is 10.4. The minimum absolute atomic E-state index is 0.0699. The molecule has 0 amide bonds. The van der Waals surface area contributed by atoms with Crippen LogP contribution in [0.3, 0.4) is 0 Å². The smallest absolute Gasteiger partial charge is 0.161 e. The number of hydrogen-bond acceptors (Lipinski definition) is 5. The van der Waals surface area contributed by atoms with Crippen LogP contribution in [0.15, 0.2) is 47.1 Å². The number of benzene rings is 1. The van der Waals surface area contributed by atoms with E-state index in [0.29, 0.717) is 13.0 Å². The van der Waals surface area contributed by atoms with Crippen LogP contribution in [0.25, 0.3) is 0 Å². The summed E-state index contributed by atoms with van der Waals surface area (Å²) in [6.07, 6.45) is 2.15. The van der Waals surface area contributed by atoms with Gasteiger partial charge in [-0.25, -0.2) is 0 Å². The Morgan fingerprint density at radius 3 is 2.79 bits per heavy atom. The Labute approximate surface area is 111 Å². The average Bonchev–Trinajstić information content (AvgIpc) is 2.97. The van der Waals surface area contributed by atoms with Gasteiger partial charge in [-0.2, -0.15) is 0 Å². The van der Waals surface area contributed by atoms with Gasteiger partial charge in [0.25, 0.3) is 0 Å². The third-order valence-corrected chi connectivity index (χ3v) is 3.19. The lowest BCUT2D eigenvalue weighted by molar-refractivity contribution is 0.0605. The summed E-state index contributed by atoms with van der Waals surface area (Å²) in [6.45, 7) is 0.465. The number of rotatable bonds is 4. The highest BCUT2D eigenvalue weighted by Gasteiger charge is 2.28. The molecule has 1 aromatic carbocycles. The Morgan fingerprint density at radius 2 is 2.05 bits per heavy atom. The summed E-state index contributed by atoms with van der Waals surface area (Å²) < 4.78 is 16.9. The Balaban J connectivity index is 1.72. The van der Waals surface area contributed by atoms with E-state index in [1.165, 1.54) is 0 Å². The average molecular weight is 260 g/mol. The maximum atomic E-state index is 5.92. The Hall–Kier alpha value is -1.98. The van der Waals surface area contributed by atoms with Crippen molar-refractivity contribution in [3.05, 3.63) is 48.4 Å². The predicted molar refractivity (Wildman–Crippen MR) is 69.9 cm³/mol. The molecule has 3 rings (SSSR count). The number of para-hydroxylation sites is 2. The Kier molecular flexibility index (Phi) is 3.39. The van der Waals surface area contributed by atoms with Crippen LogP contribution in [-0.4, -0.2) is 18.8 Å². The predicted octanol–water partition coefficient (Wildman–Crippen LogP) is 1.49. The molecule has 3 N–H and O–H groups in total.